The molecule has 21 heavy (non-hydrogen) atoms. The molecule has 0 amide bonds. The van der Waals surface area contributed by atoms with Crippen LogP contribution in [-0.4, -0.2) is 20.6 Å². The monoisotopic (exact) mass is 278 g/mol. The standard InChI is InChI=1S/C17H18N4/c1-2-7-14(8-3-1)9-4-5-10-15-11-6-12-16(13-15)17-18-20-21-19-17/h1-3,6-8,11-13H,4-5,9-10H2,(H,18,19,20,21). The summed E-state index contributed by atoms with van der Waals surface area (Å²) in [4.78, 5) is 0. The molecule has 1 N–H and O–H groups in total. The van der Waals surface area contributed by atoms with E-state index in [0.29, 0.717) is 0 Å². The van der Waals surface area contributed by atoms with Gasteiger partial charge in [-0.3, -0.25) is 0 Å². The maximum absolute atomic E-state index is 3.95. The van der Waals surface area contributed by atoms with Crippen molar-refractivity contribution >= 4 is 0 Å². The average Bonchev–Trinajstić information content (AvgIpc) is 3.07. The summed E-state index contributed by atoms with van der Waals surface area (Å²) in [5, 5.41) is 14.0. The highest BCUT2D eigenvalue weighted by Crippen LogP contribution is 2.17. The van der Waals surface area contributed by atoms with Crippen LogP contribution < -0.4 is 0 Å². The largest absolute Gasteiger partial charge is 0.239 e. The number of H-pyrrole nitrogens is 1. The smallest absolute Gasteiger partial charge is 0.179 e. The lowest BCUT2D eigenvalue weighted by atomic mass is 10.0. The van der Waals surface area contributed by atoms with Crippen LogP contribution in [0, 0.1) is 0 Å². The fourth-order valence-corrected chi connectivity index (χ4v) is 2.46. The van der Waals surface area contributed by atoms with E-state index < -0.39 is 0 Å². The Kier molecular flexibility index (Phi) is 4.36. The number of hydrogen-bond acceptors (Lipinski definition) is 3. The van der Waals surface area contributed by atoms with E-state index in [1.807, 2.05) is 6.07 Å². The van der Waals surface area contributed by atoms with E-state index >= 15 is 0 Å². The van der Waals surface area contributed by atoms with Crippen molar-refractivity contribution in [1.29, 1.82) is 0 Å². The fourth-order valence-electron chi connectivity index (χ4n) is 2.46. The van der Waals surface area contributed by atoms with Crippen LogP contribution in [0.2, 0.25) is 0 Å². The van der Waals surface area contributed by atoms with Crippen LogP contribution >= 0.6 is 0 Å². The molecule has 0 radical (unpaired) electrons. The van der Waals surface area contributed by atoms with Crippen molar-refractivity contribution in [3.8, 4) is 11.4 Å². The first-order valence-corrected chi connectivity index (χ1v) is 7.29. The number of aromatic amines is 1. The van der Waals surface area contributed by atoms with Crippen molar-refractivity contribution in [1.82, 2.24) is 20.6 Å². The van der Waals surface area contributed by atoms with Crippen LogP contribution in [0.5, 0.6) is 0 Å². The van der Waals surface area contributed by atoms with E-state index in [4.69, 9.17) is 0 Å². The second-order valence-corrected chi connectivity index (χ2v) is 5.14. The lowest BCUT2D eigenvalue weighted by molar-refractivity contribution is 0.734. The number of nitrogens with zero attached hydrogens (tertiary/aromatic N) is 3. The number of rotatable bonds is 6. The maximum atomic E-state index is 3.95. The Morgan fingerprint density at radius 3 is 2.33 bits per heavy atom. The minimum atomic E-state index is 0.723. The highest BCUT2D eigenvalue weighted by molar-refractivity contribution is 5.54. The number of tetrazole rings is 1. The molecular formula is C17H18N4. The van der Waals surface area contributed by atoms with Gasteiger partial charge in [0.05, 0.1) is 0 Å². The molecule has 106 valence electrons. The fraction of sp³-hybridized carbons (Fsp3) is 0.235. The molecule has 0 aliphatic heterocycles. The van der Waals surface area contributed by atoms with Gasteiger partial charge in [0.25, 0.3) is 0 Å². The van der Waals surface area contributed by atoms with Gasteiger partial charge in [-0.15, -0.1) is 5.10 Å². The van der Waals surface area contributed by atoms with E-state index in [9.17, 15) is 0 Å². The second-order valence-electron chi connectivity index (χ2n) is 5.14. The summed E-state index contributed by atoms with van der Waals surface area (Å²) in [5.41, 5.74) is 3.79. The molecule has 4 nitrogen and oxygen atoms in total. The van der Waals surface area contributed by atoms with Crippen LogP contribution in [0.15, 0.2) is 54.6 Å². The highest BCUT2D eigenvalue weighted by atomic mass is 15.5. The lowest BCUT2D eigenvalue weighted by Gasteiger charge is -2.04. The van der Waals surface area contributed by atoms with Gasteiger partial charge < -0.3 is 0 Å². The Morgan fingerprint density at radius 2 is 1.57 bits per heavy atom. The van der Waals surface area contributed by atoms with Gasteiger partial charge in [0.15, 0.2) is 5.82 Å². The highest BCUT2D eigenvalue weighted by Gasteiger charge is 2.02. The molecule has 0 aliphatic carbocycles. The van der Waals surface area contributed by atoms with Crippen molar-refractivity contribution in [3.05, 3.63) is 65.7 Å². The van der Waals surface area contributed by atoms with Crippen LogP contribution in [0.4, 0.5) is 0 Å². The van der Waals surface area contributed by atoms with Gasteiger partial charge in [-0.1, -0.05) is 48.5 Å². The molecule has 4 heteroatoms. The number of aromatic nitrogens is 4. The Labute approximate surface area is 124 Å². The van der Waals surface area contributed by atoms with Gasteiger partial charge in [-0.2, -0.15) is 0 Å². The first kappa shape index (κ1) is 13.5. The Balaban J connectivity index is 1.53. The zero-order chi connectivity index (χ0) is 14.3. The van der Waals surface area contributed by atoms with Crippen molar-refractivity contribution < 1.29 is 0 Å². The summed E-state index contributed by atoms with van der Waals surface area (Å²) in [6, 6.07) is 19.1. The first-order chi connectivity index (χ1) is 10.4. The quantitative estimate of drug-likeness (QED) is 0.703. The van der Waals surface area contributed by atoms with E-state index in [2.05, 4.69) is 69.2 Å². The molecule has 0 aliphatic rings. The molecule has 0 atom stereocenters. The average molecular weight is 278 g/mol. The van der Waals surface area contributed by atoms with E-state index in [1.54, 1.807) is 0 Å². The van der Waals surface area contributed by atoms with Gasteiger partial charge in [0.2, 0.25) is 0 Å². The van der Waals surface area contributed by atoms with Gasteiger partial charge in [-0.05, 0) is 53.3 Å². The summed E-state index contributed by atoms with van der Waals surface area (Å²) in [7, 11) is 0. The van der Waals surface area contributed by atoms with Gasteiger partial charge in [-0.25, -0.2) is 5.10 Å². The van der Waals surface area contributed by atoms with Gasteiger partial charge in [0.1, 0.15) is 0 Å². The van der Waals surface area contributed by atoms with Crippen molar-refractivity contribution in [2.24, 2.45) is 0 Å². The van der Waals surface area contributed by atoms with Crippen molar-refractivity contribution in [2.45, 2.75) is 25.7 Å². The SMILES string of the molecule is c1ccc(CCCCc2cccc(-c3nnn[nH]3)c2)cc1. The molecule has 2 aromatic carbocycles. The normalized spacial score (nSPS) is 10.7. The molecular weight excluding hydrogens is 260 g/mol. The van der Waals surface area contributed by atoms with Crippen LogP contribution in [0.1, 0.15) is 24.0 Å². The number of benzene rings is 2. The summed E-state index contributed by atoms with van der Waals surface area (Å²) in [6.45, 7) is 0. The zero-order valence-corrected chi connectivity index (χ0v) is 11.9. The molecule has 0 spiro atoms. The van der Waals surface area contributed by atoms with E-state index in [-0.39, 0.29) is 0 Å². The summed E-state index contributed by atoms with van der Waals surface area (Å²) in [5.74, 6) is 0.723. The topological polar surface area (TPSA) is 54.5 Å². The summed E-state index contributed by atoms with van der Waals surface area (Å²) in [6.07, 6.45) is 4.62. The number of unbranched alkanes of at least 4 members (excludes halogenated alkanes) is 1. The molecule has 3 rings (SSSR count). The van der Waals surface area contributed by atoms with Crippen molar-refractivity contribution in [2.75, 3.05) is 0 Å². The molecule has 3 aromatic rings. The molecule has 0 saturated carbocycles. The third-order valence-corrected chi connectivity index (χ3v) is 3.57. The number of hydrogen-bond donors (Lipinski definition) is 1. The maximum Gasteiger partial charge on any atom is 0.179 e. The predicted molar refractivity (Wildman–Crippen MR) is 82.7 cm³/mol. The molecule has 0 saturated heterocycles. The molecule has 1 heterocycles. The van der Waals surface area contributed by atoms with E-state index in [0.717, 1.165) is 24.2 Å². The molecule has 1 aromatic heterocycles. The lowest BCUT2D eigenvalue weighted by Crippen LogP contribution is -1.90. The van der Waals surface area contributed by atoms with E-state index in [1.165, 1.54) is 24.0 Å². The first-order valence-electron chi connectivity index (χ1n) is 7.29. The third-order valence-electron chi connectivity index (χ3n) is 3.57. The van der Waals surface area contributed by atoms with Crippen molar-refractivity contribution in [3.63, 3.8) is 0 Å². The molecule has 0 bridgehead atoms. The van der Waals surface area contributed by atoms with Crippen LogP contribution in [0.3, 0.4) is 0 Å². The predicted octanol–water partition coefficient (Wildman–Crippen LogP) is 3.43. The second kappa shape index (κ2) is 6.79. The van der Waals surface area contributed by atoms with Crippen LogP contribution in [0.25, 0.3) is 11.4 Å². The number of nitrogens with one attached hydrogen (secondary N) is 1. The Bertz CT molecular complexity index is 662. The third kappa shape index (κ3) is 3.75. The Hall–Kier alpha value is -2.49. The zero-order valence-electron chi connectivity index (χ0n) is 11.9. The molecule has 0 fully saturated rings. The van der Waals surface area contributed by atoms with Crippen LogP contribution in [-0.2, 0) is 12.8 Å². The van der Waals surface area contributed by atoms with Gasteiger partial charge in [0, 0.05) is 5.56 Å². The number of aryl methyl sites for hydroxylation is 2. The summed E-state index contributed by atoms with van der Waals surface area (Å²) < 4.78 is 0. The Morgan fingerprint density at radius 1 is 0.810 bits per heavy atom. The summed E-state index contributed by atoms with van der Waals surface area (Å²) >= 11 is 0. The van der Waals surface area contributed by atoms with Gasteiger partial charge >= 0.3 is 0 Å². The minimum Gasteiger partial charge on any atom is -0.239 e. The minimum absolute atomic E-state index is 0.723. The molecule has 0 unspecified atom stereocenters.